The quantitative estimate of drug-likeness (QED) is 0.839. The van der Waals surface area contributed by atoms with Gasteiger partial charge >= 0.3 is 0 Å². The topological polar surface area (TPSA) is 49.8 Å². The van der Waals surface area contributed by atoms with Gasteiger partial charge in [0.25, 0.3) is 5.91 Å². The van der Waals surface area contributed by atoms with Gasteiger partial charge < -0.3 is 14.7 Å². The number of amides is 1. The molecule has 0 aliphatic carbocycles. The number of hydrogen-bond donors (Lipinski definition) is 1. The van der Waals surface area contributed by atoms with E-state index in [9.17, 15) is 9.90 Å². The van der Waals surface area contributed by atoms with Gasteiger partial charge in [0.05, 0.1) is 0 Å². The summed E-state index contributed by atoms with van der Waals surface area (Å²) in [6, 6.07) is 6.65. The Bertz CT molecular complexity index is 372. The second kappa shape index (κ2) is 4.88. The predicted molar refractivity (Wildman–Crippen MR) is 59.4 cm³/mol. The minimum absolute atomic E-state index is 0.00241. The predicted octanol–water partition coefficient (Wildman–Crippen LogP) is 1.39. The van der Waals surface area contributed by atoms with Crippen molar-refractivity contribution in [3.63, 3.8) is 0 Å². The number of nitrogens with zero attached hydrogens (tertiary/aromatic N) is 1. The van der Waals surface area contributed by atoms with Crippen LogP contribution in [0.15, 0.2) is 24.3 Å². The summed E-state index contributed by atoms with van der Waals surface area (Å²) >= 11 is 0. The highest BCUT2D eigenvalue weighted by molar-refractivity contribution is 5.78. The molecule has 1 fully saturated rings. The van der Waals surface area contributed by atoms with Gasteiger partial charge in [0.1, 0.15) is 0 Å². The Kier molecular flexibility index (Phi) is 3.29. The first kappa shape index (κ1) is 10.8. The van der Waals surface area contributed by atoms with Crippen LogP contribution in [0, 0.1) is 0 Å². The molecule has 1 amide bonds. The molecule has 4 nitrogen and oxygen atoms in total. The van der Waals surface area contributed by atoms with Gasteiger partial charge in [-0.05, 0) is 25.0 Å². The fourth-order valence-electron chi connectivity index (χ4n) is 1.78. The molecule has 4 heteroatoms. The van der Waals surface area contributed by atoms with Crippen LogP contribution >= 0.6 is 0 Å². The number of aromatic hydroxyl groups is 1. The Hall–Kier alpha value is -1.71. The lowest BCUT2D eigenvalue weighted by molar-refractivity contribution is -0.132. The Morgan fingerprint density at radius 3 is 2.69 bits per heavy atom. The molecule has 1 aromatic rings. The maximum Gasteiger partial charge on any atom is 0.260 e. The SMILES string of the molecule is O=C(COc1ccccc1O)N1CCCC1. The molecule has 0 saturated carbocycles. The molecule has 86 valence electrons. The van der Waals surface area contributed by atoms with Crippen LogP contribution in [0.3, 0.4) is 0 Å². The number of likely N-dealkylation sites (tertiary alicyclic amines) is 1. The molecular weight excluding hydrogens is 206 g/mol. The van der Waals surface area contributed by atoms with E-state index in [1.165, 1.54) is 6.07 Å². The van der Waals surface area contributed by atoms with Crippen molar-refractivity contribution in [2.45, 2.75) is 12.8 Å². The van der Waals surface area contributed by atoms with Crippen molar-refractivity contribution < 1.29 is 14.6 Å². The van der Waals surface area contributed by atoms with E-state index in [4.69, 9.17) is 4.74 Å². The van der Waals surface area contributed by atoms with E-state index in [1.54, 1.807) is 23.1 Å². The van der Waals surface area contributed by atoms with Crippen LogP contribution in [0.2, 0.25) is 0 Å². The highest BCUT2D eigenvalue weighted by Gasteiger charge is 2.18. The number of phenols is 1. The lowest BCUT2D eigenvalue weighted by atomic mass is 10.3. The summed E-state index contributed by atoms with van der Waals surface area (Å²) < 4.78 is 5.27. The van der Waals surface area contributed by atoms with Gasteiger partial charge in [0.15, 0.2) is 18.1 Å². The minimum Gasteiger partial charge on any atom is -0.504 e. The summed E-state index contributed by atoms with van der Waals surface area (Å²) in [5, 5.41) is 9.44. The first-order chi connectivity index (χ1) is 7.77. The fraction of sp³-hybridized carbons (Fsp3) is 0.417. The Morgan fingerprint density at radius 1 is 1.31 bits per heavy atom. The molecule has 1 aliphatic rings. The van der Waals surface area contributed by atoms with Crippen molar-refractivity contribution in [2.24, 2.45) is 0 Å². The third kappa shape index (κ3) is 2.45. The van der Waals surface area contributed by atoms with E-state index in [0.717, 1.165) is 25.9 Å². The van der Waals surface area contributed by atoms with Crippen molar-refractivity contribution in [1.82, 2.24) is 4.90 Å². The van der Waals surface area contributed by atoms with Crippen LogP contribution in [0.1, 0.15) is 12.8 Å². The molecule has 1 N–H and O–H groups in total. The third-order valence-corrected chi connectivity index (χ3v) is 2.68. The van der Waals surface area contributed by atoms with E-state index in [2.05, 4.69) is 0 Å². The lowest BCUT2D eigenvalue weighted by Gasteiger charge is -2.15. The molecule has 1 saturated heterocycles. The van der Waals surface area contributed by atoms with E-state index in [0.29, 0.717) is 5.75 Å². The van der Waals surface area contributed by atoms with Crippen molar-refractivity contribution in [1.29, 1.82) is 0 Å². The van der Waals surface area contributed by atoms with Crippen LogP contribution < -0.4 is 4.74 Å². The zero-order chi connectivity index (χ0) is 11.4. The Labute approximate surface area is 94.4 Å². The highest BCUT2D eigenvalue weighted by atomic mass is 16.5. The molecule has 0 unspecified atom stereocenters. The molecular formula is C12H15NO3. The number of carbonyl (C=O) groups is 1. The summed E-state index contributed by atoms with van der Waals surface area (Å²) in [7, 11) is 0. The zero-order valence-corrected chi connectivity index (χ0v) is 9.06. The first-order valence-electron chi connectivity index (χ1n) is 5.46. The lowest BCUT2D eigenvalue weighted by Crippen LogP contribution is -2.32. The molecule has 0 radical (unpaired) electrons. The molecule has 0 spiro atoms. The molecule has 1 heterocycles. The van der Waals surface area contributed by atoms with Crippen molar-refractivity contribution in [3.8, 4) is 11.5 Å². The standard InChI is InChI=1S/C12H15NO3/c14-10-5-1-2-6-11(10)16-9-12(15)13-7-3-4-8-13/h1-2,5-6,14H,3-4,7-9H2. The van der Waals surface area contributed by atoms with Crippen LogP contribution in [-0.2, 0) is 4.79 Å². The summed E-state index contributed by atoms with van der Waals surface area (Å²) in [6.07, 6.45) is 2.14. The average Bonchev–Trinajstić information content (AvgIpc) is 2.81. The van der Waals surface area contributed by atoms with Gasteiger partial charge in [-0.2, -0.15) is 0 Å². The molecule has 0 bridgehead atoms. The normalized spacial score (nSPS) is 15.1. The monoisotopic (exact) mass is 221 g/mol. The van der Waals surface area contributed by atoms with Crippen molar-refractivity contribution in [3.05, 3.63) is 24.3 Å². The Morgan fingerprint density at radius 2 is 2.00 bits per heavy atom. The zero-order valence-electron chi connectivity index (χ0n) is 9.06. The number of carbonyl (C=O) groups excluding carboxylic acids is 1. The summed E-state index contributed by atoms with van der Waals surface area (Å²) in [5.41, 5.74) is 0. The van der Waals surface area contributed by atoms with E-state index < -0.39 is 0 Å². The second-order valence-electron chi connectivity index (χ2n) is 3.84. The highest BCUT2D eigenvalue weighted by Crippen LogP contribution is 2.24. The molecule has 1 aromatic carbocycles. The van der Waals surface area contributed by atoms with Crippen molar-refractivity contribution in [2.75, 3.05) is 19.7 Å². The van der Waals surface area contributed by atoms with E-state index in [-0.39, 0.29) is 18.3 Å². The maximum absolute atomic E-state index is 11.6. The van der Waals surface area contributed by atoms with Gasteiger partial charge in [-0.25, -0.2) is 0 Å². The summed E-state index contributed by atoms with van der Waals surface area (Å²) in [5.74, 6) is 0.410. The van der Waals surface area contributed by atoms with Gasteiger partial charge in [0.2, 0.25) is 0 Å². The molecule has 2 rings (SSSR count). The minimum atomic E-state index is -0.0132. The molecule has 0 aromatic heterocycles. The third-order valence-electron chi connectivity index (χ3n) is 2.68. The van der Waals surface area contributed by atoms with Gasteiger partial charge in [-0.3, -0.25) is 4.79 Å². The number of ether oxygens (including phenoxy) is 1. The first-order valence-corrected chi connectivity index (χ1v) is 5.46. The van der Waals surface area contributed by atoms with Gasteiger partial charge in [-0.1, -0.05) is 12.1 Å². The number of rotatable bonds is 3. The summed E-state index contributed by atoms with van der Waals surface area (Å²) in [6.45, 7) is 1.64. The van der Waals surface area contributed by atoms with Crippen LogP contribution in [0.5, 0.6) is 11.5 Å². The number of para-hydroxylation sites is 2. The van der Waals surface area contributed by atoms with Gasteiger partial charge in [0, 0.05) is 13.1 Å². The average molecular weight is 221 g/mol. The number of hydrogen-bond acceptors (Lipinski definition) is 3. The van der Waals surface area contributed by atoms with Crippen LogP contribution in [0.4, 0.5) is 0 Å². The number of phenolic OH excluding ortho intramolecular Hbond substituents is 1. The molecule has 1 aliphatic heterocycles. The van der Waals surface area contributed by atoms with E-state index in [1.807, 2.05) is 0 Å². The Balaban J connectivity index is 1.87. The molecule has 16 heavy (non-hydrogen) atoms. The number of benzene rings is 1. The van der Waals surface area contributed by atoms with Crippen LogP contribution in [-0.4, -0.2) is 35.6 Å². The van der Waals surface area contributed by atoms with Crippen molar-refractivity contribution >= 4 is 5.91 Å². The summed E-state index contributed by atoms with van der Waals surface area (Å²) in [4.78, 5) is 13.4. The van der Waals surface area contributed by atoms with Gasteiger partial charge in [-0.15, -0.1) is 0 Å². The largest absolute Gasteiger partial charge is 0.504 e. The smallest absolute Gasteiger partial charge is 0.260 e. The fourth-order valence-corrected chi connectivity index (χ4v) is 1.78. The van der Waals surface area contributed by atoms with E-state index >= 15 is 0 Å². The van der Waals surface area contributed by atoms with Crippen LogP contribution in [0.25, 0.3) is 0 Å². The second-order valence-corrected chi connectivity index (χ2v) is 3.84. The molecule has 0 atom stereocenters. The maximum atomic E-state index is 11.6.